The third-order valence-electron chi connectivity index (χ3n) is 7.00. The van der Waals surface area contributed by atoms with E-state index in [0.717, 1.165) is 68.9 Å². The number of rotatable bonds is 4. The van der Waals surface area contributed by atoms with Crippen LogP contribution < -0.4 is 9.47 Å². The van der Waals surface area contributed by atoms with Crippen LogP contribution in [0.25, 0.3) is 33.1 Å². The van der Waals surface area contributed by atoms with Gasteiger partial charge < -0.3 is 14.5 Å². The van der Waals surface area contributed by atoms with Gasteiger partial charge >= 0.3 is 0 Å². The van der Waals surface area contributed by atoms with E-state index in [2.05, 4.69) is 64.3 Å². The van der Waals surface area contributed by atoms with Crippen LogP contribution in [-0.4, -0.2) is 33.7 Å². The molecule has 0 amide bonds. The molecule has 3 aromatic heterocycles. The van der Waals surface area contributed by atoms with Crippen LogP contribution in [-0.2, 0) is 12.8 Å². The quantitative estimate of drug-likeness (QED) is 0.311. The molecule has 0 radical (unpaired) electrons. The first kappa shape index (κ1) is 22.3. The van der Waals surface area contributed by atoms with E-state index in [1.807, 2.05) is 31.5 Å². The summed E-state index contributed by atoms with van der Waals surface area (Å²) < 4.78 is 11.6. The Hall–Kier alpha value is -4.19. The molecule has 0 bridgehead atoms. The molecule has 2 aromatic carbocycles. The average molecular weight is 477 g/mol. The van der Waals surface area contributed by atoms with E-state index in [-0.39, 0.29) is 0 Å². The van der Waals surface area contributed by atoms with Gasteiger partial charge in [-0.3, -0.25) is 0 Å². The minimum Gasteiger partial charge on any atom is -0.497 e. The normalized spacial score (nSPS) is 15.6. The summed E-state index contributed by atoms with van der Waals surface area (Å²) in [6, 6.07) is 16.7. The van der Waals surface area contributed by atoms with Crippen LogP contribution in [0.5, 0.6) is 11.5 Å². The van der Waals surface area contributed by atoms with Gasteiger partial charge in [-0.05, 0) is 72.9 Å². The molecular formula is C30H28N4O2. The Labute approximate surface area is 210 Å². The van der Waals surface area contributed by atoms with Gasteiger partial charge in [0.05, 0.1) is 18.3 Å². The molecule has 0 spiro atoms. The van der Waals surface area contributed by atoms with Crippen LogP contribution in [0.2, 0.25) is 0 Å². The molecule has 6 heteroatoms. The second-order valence-electron chi connectivity index (χ2n) is 9.43. The molecule has 6 nitrogen and oxygen atoms in total. The Bertz CT molecular complexity index is 1620. The summed E-state index contributed by atoms with van der Waals surface area (Å²) in [6.45, 7) is 4.78. The van der Waals surface area contributed by atoms with E-state index >= 15 is 0 Å². The topological polar surface area (TPSA) is 72.9 Å². The largest absolute Gasteiger partial charge is 0.497 e. The molecular weight excluding hydrogens is 448 g/mol. The Balaban J connectivity index is 1.30. The van der Waals surface area contributed by atoms with E-state index in [4.69, 9.17) is 14.5 Å². The molecule has 1 N–H and O–H groups in total. The minimum atomic E-state index is 0.344. The van der Waals surface area contributed by atoms with Crippen molar-refractivity contribution in [1.29, 1.82) is 0 Å². The van der Waals surface area contributed by atoms with Crippen molar-refractivity contribution in [2.75, 3.05) is 13.7 Å². The average Bonchev–Trinajstić information content (AvgIpc) is 3.35. The first-order valence-electron chi connectivity index (χ1n) is 12.3. The highest BCUT2D eigenvalue weighted by molar-refractivity contribution is 5.83. The highest BCUT2D eigenvalue weighted by Crippen LogP contribution is 2.33. The zero-order valence-corrected chi connectivity index (χ0v) is 20.7. The molecule has 0 aliphatic carbocycles. The lowest BCUT2D eigenvalue weighted by atomic mass is 9.87. The Kier molecular flexibility index (Phi) is 5.64. The van der Waals surface area contributed by atoms with Gasteiger partial charge in [0, 0.05) is 41.2 Å². The predicted molar refractivity (Wildman–Crippen MR) is 143 cm³/mol. The number of aromatic nitrogens is 4. The van der Waals surface area contributed by atoms with Crippen LogP contribution >= 0.6 is 0 Å². The first-order valence-corrected chi connectivity index (χ1v) is 12.3. The lowest BCUT2D eigenvalue weighted by molar-refractivity contribution is 0.350. The summed E-state index contributed by atoms with van der Waals surface area (Å²) >= 11 is 0. The van der Waals surface area contributed by atoms with Crippen molar-refractivity contribution in [3.63, 3.8) is 0 Å². The smallest absolute Gasteiger partial charge is 0.137 e. The van der Waals surface area contributed by atoms with Crippen molar-refractivity contribution in [2.24, 2.45) is 5.92 Å². The monoisotopic (exact) mass is 476 g/mol. The van der Waals surface area contributed by atoms with Crippen molar-refractivity contribution in [3.05, 3.63) is 89.7 Å². The number of nitrogens with zero attached hydrogens (tertiary/aromatic N) is 3. The van der Waals surface area contributed by atoms with Crippen LogP contribution in [0.1, 0.15) is 24.0 Å². The molecule has 1 unspecified atom stereocenters. The van der Waals surface area contributed by atoms with E-state index in [1.165, 1.54) is 11.1 Å². The van der Waals surface area contributed by atoms with Crippen LogP contribution in [0.15, 0.2) is 72.6 Å². The lowest BCUT2D eigenvalue weighted by Gasteiger charge is -2.23. The number of pyridine rings is 1. The highest BCUT2D eigenvalue weighted by Gasteiger charge is 2.19. The number of nitrogens with one attached hydrogen (secondary N) is 1. The molecule has 1 aliphatic heterocycles. The molecule has 0 saturated carbocycles. The van der Waals surface area contributed by atoms with Gasteiger partial charge in [0.2, 0.25) is 0 Å². The van der Waals surface area contributed by atoms with Crippen molar-refractivity contribution >= 4 is 21.9 Å². The molecule has 6 rings (SSSR count). The third kappa shape index (κ3) is 4.19. The minimum absolute atomic E-state index is 0.344. The fourth-order valence-electron chi connectivity index (χ4n) is 5.06. The Morgan fingerprint density at radius 3 is 2.86 bits per heavy atom. The van der Waals surface area contributed by atoms with E-state index in [0.29, 0.717) is 12.5 Å². The highest BCUT2D eigenvalue weighted by atomic mass is 16.5. The van der Waals surface area contributed by atoms with Gasteiger partial charge in [-0.2, -0.15) is 0 Å². The SMILES string of the molecule is COc1ccc2c(CC3=CCOc4ccc(-c5cnc6[nH]ccc6c5)cc4CC3C)nc(C)nc2c1. The van der Waals surface area contributed by atoms with Crippen molar-refractivity contribution in [3.8, 4) is 22.6 Å². The van der Waals surface area contributed by atoms with Crippen LogP contribution in [0, 0.1) is 12.8 Å². The number of H-pyrrole nitrogens is 1. The molecule has 5 aromatic rings. The van der Waals surface area contributed by atoms with E-state index in [9.17, 15) is 0 Å². The maximum Gasteiger partial charge on any atom is 0.137 e. The number of benzene rings is 2. The number of aryl methyl sites for hydroxylation is 1. The molecule has 0 saturated heterocycles. The second-order valence-corrected chi connectivity index (χ2v) is 9.43. The van der Waals surface area contributed by atoms with Crippen molar-refractivity contribution in [2.45, 2.75) is 26.7 Å². The fourth-order valence-corrected chi connectivity index (χ4v) is 5.06. The summed E-state index contributed by atoms with van der Waals surface area (Å²) in [5.41, 5.74) is 7.66. The predicted octanol–water partition coefficient (Wildman–Crippen LogP) is 6.23. The van der Waals surface area contributed by atoms with Crippen LogP contribution in [0.4, 0.5) is 0 Å². The van der Waals surface area contributed by atoms with Crippen molar-refractivity contribution < 1.29 is 9.47 Å². The number of hydrogen-bond donors (Lipinski definition) is 1. The zero-order valence-electron chi connectivity index (χ0n) is 20.7. The molecule has 1 atom stereocenters. The standard InChI is InChI=1S/C30H28N4O2/c1-18-12-23-13-21(24-14-22-8-10-31-30(22)32-17-24)4-7-29(23)36-11-9-20(18)15-27-26-6-5-25(35-3)16-28(26)34-19(2)33-27/h4-10,13-14,16-18H,11-12,15H2,1-3H3,(H,31,32). The second kappa shape index (κ2) is 9.11. The summed E-state index contributed by atoms with van der Waals surface area (Å²) in [5, 5.41) is 2.17. The first-order chi connectivity index (χ1) is 17.6. The van der Waals surface area contributed by atoms with Gasteiger partial charge in [-0.1, -0.05) is 18.6 Å². The maximum atomic E-state index is 6.19. The summed E-state index contributed by atoms with van der Waals surface area (Å²) in [7, 11) is 1.68. The molecule has 180 valence electrons. The Morgan fingerprint density at radius 2 is 1.97 bits per heavy atom. The molecule has 1 aliphatic rings. The number of hydrogen-bond acceptors (Lipinski definition) is 5. The van der Waals surface area contributed by atoms with E-state index in [1.54, 1.807) is 7.11 Å². The summed E-state index contributed by atoms with van der Waals surface area (Å²) in [5.74, 6) is 2.87. The fraction of sp³-hybridized carbons (Fsp3) is 0.233. The van der Waals surface area contributed by atoms with Crippen molar-refractivity contribution in [1.82, 2.24) is 19.9 Å². The summed E-state index contributed by atoms with van der Waals surface area (Å²) in [6.07, 6.45) is 7.73. The number of ether oxygens (including phenoxy) is 2. The van der Waals surface area contributed by atoms with E-state index < -0.39 is 0 Å². The number of aromatic amines is 1. The number of methoxy groups -OCH3 is 1. The third-order valence-corrected chi connectivity index (χ3v) is 7.00. The Morgan fingerprint density at radius 1 is 1.06 bits per heavy atom. The maximum absolute atomic E-state index is 6.19. The van der Waals surface area contributed by atoms with Gasteiger partial charge in [0.1, 0.15) is 29.6 Å². The molecule has 4 heterocycles. The van der Waals surface area contributed by atoms with Gasteiger partial charge in [0.25, 0.3) is 0 Å². The number of allylic oxidation sites excluding steroid dienone is 1. The number of fused-ring (bicyclic) bond motifs is 3. The zero-order chi connectivity index (χ0) is 24.6. The van der Waals surface area contributed by atoms with Gasteiger partial charge in [-0.15, -0.1) is 0 Å². The van der Waals surface area contributed by atoms with Gasteiger partial charge in [0.15, 0.2) is 0 Å². The molecule has 0 fully saturated rings. The summed E-state index contributed by atoms with van der Waals surface area (Å²) in [4.78, 5) is 17.2. The molecule has 36 heavy (non-hydrogen) atoms. The van der Waals surface area contributed by atoms with Gasteiger partial charge in [-0.25, -0.2) is 15.0 Å². The lowest BCUT2D eigenvalue weighted by Crippen LogP contribution is -2.14. The van der Waals surface area contributed by atoms with Crippen LogP contribution in [0.3, 0.4) is 0 Å².